The molecule has 1 saturated heterocycles. The predicted molar refractivity (Wildman–Crippen MR) is 84.7 cm³/mol. The third-order valence-electron chi connectivity index (χ3n) is 4.66. The minimum absolute atomic E-state index is 0.0823. The third kappa shape index (κ3) is 3.31. The van der Waals surface area contributed by atoms with Gasteiger partial charge in [0.2, 0.25) is 10.0 Å². The normalized spacial score (nSPS) is 27.0. The fourth-order valence-electron chi connectivity index (χ4n) is 3.51. The van der Waals surface area contributed by atoms with Gasteiger partial charge in [-0.05, 0) is 17.4 Å². The van der Waals surface area contributed by atoms with E-state index in [4.69, 9.17) is 0 Å². The lowest BCUT2D eigenvalue weighted by Gasteiger charge is -2.19. The van der Waals surface area contributed by atoms with Crippen LogP contribution in [0, 0.1) is 11.8 Å². The van der Waals surface area contributed by atoms with Gasteiger partial charge in [0.1, 0.15) is 12.0 Å². The molecule has 1 aliphatic carbocycles. The first kappa shape index (κ1) is 14.9. The van der Waals surface area contributed by atoms with E-state index in [2.05, 4.69) is 31.4 Å². The highest BCUT2D eigenvalue weighted by molar-refractivity contribution is 7.88. The van der Waals surface area contributed by atoms with Crippen molar-refractivity contribution in [2.24, 2.45) is 11.8 Å². The molecule has 1 unspecified atom stereocenters. The Morgan fingerprint density at radius 2 is 1.91 bits per heavy atom. The molecule has 1 saturated carbocycles. The van der Waals surface area contributed by atoms with Gasteiger partial charge in [-0.2, -0.15) is 0 Å². The Kier molecular flexibility index (Phi) is 3.71. The molecule has 23 heavy (non-hydrogen) atoms. The average molecular weight is 333 g/mol. The molecular formula is C16H19N3O3S. The number of piperidine rings is 1. The second-order valence-electron chi connectivity index (χ2n) is 6.40. The van der Waals surface area contributed by atoms with Crippen molar-refractivity contribution < 1.29 is 12.9 Å². The maximum atomic E-state index is 12.1. The highest BCUT2D eigenvalue weighted by Crippen LogP contribution is 2.46. The van der Waals surface area contributed by atoms with Crippen LogP contribution in [-0.4, -0.2) is 37.6 Å². The maximum absolute atomic E-state index is 12.1. The number of hydrogen-bond donors (Lipinski definition) is 1. The highest BCUT2D eigenvalue weighted by Gasteiger charge is 2.56. The molecule has 0 radical (unpaired) electrons. The van der Waals surface area contributed by atoms with Crippen molar-refractivity contribution in [3.63, 3.8) is 0 Å². The Hall–Kier alpha value is -1.70. The molecule has 0 spiro atoms. The van der Waals surface area contributed by atoms with Crippen molar-refractivity contribution in [1.82, 2.24) is 14.8 Å². The summed E-state index contributed by atoms with van der Waals surface area (Å²) in [7, 11) is -3.35. The summed E-state index contributed by atoms with van der Waals surface area (Å²) in [5.41, 5.74) is 1.74. The largest absolute Gasteiger partial charge is 0.364 e. The molecule has 1 aliphatic heterocycles. The number of hydrogen-bond acceptors (Lipinski definition) is 5. The van der Waals surface area contributed by atoms with Crippen LogP contribution in [0.25, 0.3) is 0 Å². The summed E-state index contributed by atoms with van der Waals surface area (Å²) in [5.74, 6) is 0.754. The van der Waals surface area contributed by atoms with Gasteiger partial charge in [0.15, 0.2) is 0 Å². The van der Waals surface area contributed by atoms with Crippen molar-refractivity contribution in [2.75, 3.05) is 13.1 Å². The van der Waals surface area contributed by atoms with Crippen molar-refractivity contribution in [3.05, 3.63) is 53.9 Å². The van der Waals surface area contributed by atoms with Gasteiger partial charge in [-0.1, -0.05) is 35.5 Å². The Morgan fingerprint density at radius 3 is 2.57 bits per heavy atom. The number of rotatable bonds is 6. The van der Waals surface area contributed by atoms with Crippen LogP contribution in [0.2, 0.25) is 0 Å². The molecule has 2 heterocycles. The van der Waals surface area contributed by atoms with Gasteiger partial charge in [-0.15, -0.1) is 0 Å². The number of benzene rings is 1. The molecule has 7 heteroatoms. The molecule has 4 rings (SSSR count). The van der Waals surface area contributed by atoms with E-state index in [0.717, 1.165) is 19.6 Å². The number of aromatic nitrogens is 1. The minimum atomic E-state index is -3.35. The van der Waals surface area contributed by atoms with Crippen LogP contribution in [0.5, 0.6) is 0 Å². The van der Waals surface area contributed by atoms with E-state index in [9.17, 15) is 8.42 Å². The second kappa shape index (κ2) is 5.74. The van der Waals surface area contributed by atoms with Gasteiger partial charge < -0.3 is 4.52 Å². The number of nitrogens with zero attached hydrogens (tertiary/aromatic N) is 2. The molecule has 1 N–H and O–H groups in total. The number of nitrogens with one attached hydrogen (secondary N) is 1. The van der Waals surface area contributed by atoms with Crippen LogP contribution < -0.4 is 4.72 Å². The van der Waals surface area contributed by atoms with Crippen molar-refractivity contribution in [3.8, 4) is 0 Å². The lowest BCUT2D eigenvalue weighted by atomic mass is 10.2. The topological polar surface area (TPSA) is 75.4 Å². The molecule has 6 nitrogen and oxygen atoms in total. The highest BCUT2D eigenvalue weighted by atomic mass is 32.2. The monoisotopic (exact) mass is 333 g/mol. The first-order valence-electron chi connectivity index (χ1n) is 7.76. The van der Waals surface area contributed by atoms with Crippen LogP contribution in [0.3, 0.4) is 0 Å². The van der Waals surface area contributed by atoms with Gasteiger partial charge in [0.05, 0.1) is 5.69 Å². The average Bonchev–Trinajstić information content (AvgIpc) is 2.91. The van der Waals surface area contributed by atoms with Crippen molar-refractivity contribution in [1.29, 1.82) is 0 Å². The molecule has 2 fully saturated rings. The quantitative estimate of drug-likeness (QED) is 0.860. The Balaban J connectivity index is 1.29. The summed E-state index contributed by atoms with van der Waals surface area (Å²) in [5, 5.41) is 3.66. The molecule has 2 aromatic rings. The molecule has 1 aromatic carbocycles. The summed E-state index contributed by atoms with van der Waals surface area (Å²) in [4.78, 5) is 2.40. The summed E-state index contributed by atoms with van der Waals surface area (Å²) in [6.07, 6.45) is 1.39. The van der Waals surface area contributed by atoms with Crippen LogP contribution in [0.1, 0.15) is 11.3 Å². The third-order valence-corrected chi connectivity index (χ3v) is 5.97. The van der Waals surface area contributed by atoms with Crippen LogP contribution >= 0.6 is 0 Å². The smallest absolute Gasteiger partial charge is 0.217 e. The molecule has 122 valence electrons. The Morgan fingerprint density at radius 1 is 1.17 bits per heavy atom. The standard InChI is InChI=1S/C16H19N3O3S/c20-23(21,11-13-6-7-22-17-13)18-16-14-9-19(10-15(14)16)8-12-4-2-1-3-5-12/h1-7,14-16,18H,8-11H2/t14-,15+,16?. The summed E-state index contributed by atoms with van der Waals surface area (Å²) in [6.45, 7) is 2.85. The molecule has 3 atom stereocenters. The predicted octanol–water partition coefficient (Wildman–Crippen LogP) is 1.22. The van der Waals surface area contributed by atoms with Crippen LogP contribution in [0.4, 0.5) is 0 Å². The summed E-state index contributed by atoms with van der Waals surface area (Å²) in [6, 6.07) is 12.0. The van der Waals surface area contributed by atoms with Gasteiger partial charge in [-0.25, -0.2) is 13.1 Å². The Labute approximate surface area is 135 Å². The van der Waals surface area contributed by atoms with E-state index in [1.54, 1.807) is 6.07 Å². The SMILES string of the molecule is O=S(=O)(Cc1ccon1)NC1[C@H]2CN(Cc3ccccc3)C[C@@H]12. The molecule has 0 bridgehead atoms. The number of sulfonamides is 1. The van der Waals surface area contributed by atoms with Gasteiger partial charge in [0.25, 0.3) is 0 Å². The van der Waals surface area contributed by atoms with E-state index in [1.165, 1.54) is 11.8 Å². The summed E-state index contributed by atoms with van der Waals surface area (Å²) < 4.78 is 31.8. The first-order valence-corrected chi connectivity index (χ1v) is 9.41. The van der Waals surface area contributed by atoms with E-state index < -0.39 is 10.0 Å². The fourth-order valence-corrected chi connectivity index (χ4v) is 4.90. The van der Waals surface area contributed by atoms with Crippen LogP contribution in [0.15, 0.2) is 47.2 Å². The van der Waals surface area contributed by atoms with E-state index in [-0.39, 0.29) is 11.8 Å². The zero-order chi connectivity index (χ0) is 15.9. The first-order chi connectivity index (χ1) is 11.1. The molecular weight excluding hydrogens is 314 g/mol. The number of fused-ring (bicyclic) bond motifs is 1. The lowest BCUT2D eigenvalue weighted by molar-refractivity contribution is 0.287. The lowest BCUT2D eigenvalue weighted by Crippen LogP contribution is -2.35. The summed E-state index contributed by atoms with van der Waals surface area (Å²) >= 11 is 0. The van der Waals surface area contributed by atoms with E-state index in [0.29, 0.717) is 17.5 Å². The zero-order valence-electron chi connectivity index (χ0n) is 12.6. The van der Waals surface area contributed by atoms with Crippen molar-refractivity contribution in [2.45, 2.75) is 18.3 Å². The zero-order valence-corrected chi connectivity index (χ0v) is 13.4. The molecule has 1 aromatic heterocycles. The van der Waals surface area contributed by atoms with E-state index in [1.807, 2.05) is 18.2 Å². The Bertz CT molecular complexity index is 749. The molecule has 0 amide bonds. The maximum Gasteiger partial charge on any atom is 0.217 e. The van der Waals surface area contributed by atoms with Gasteiger partial charge in [0, 0.05) is 31.7 Å². The van der Waals surface area contributed by atoms with E-state index >= 15 is 0 Å². The fraction of sp³-hybridized carbons (Fsp3) is 0.438. The van der Waals surface area contributed by atoms with Gasteiger partial charge >= 0.3 is 0 Å². The minimum Gasteiger partial charge on any atom is -0.364 e. The van der Waals surface area contributed by atoms with Crippen molar-refractivity contribution >= 4 is 10.0 Å². The van der Waals surface area contributed by atoms with Gasteiger partial charge in [-0.3, -0.25) is 4.90 Å². The molecule has 2 aliphatic rings. The number of likely N-dealkylation sites (tertiary alicyclic amines) is 1. The second-order valence-corrected chi connectivity index (χ2v) is 8.15. The van der Waals surface area contributed by atoms with Crippen LogP contribution in [-0.2, 0) is 22.3 Å².